The van der Waals surface area contributed by atoms with Crippen molar-refractivity contribution in [3.8, 4) is 17.2 Å². The van der Waals surface area contributed by atoms with E-state index in [1.54, 1.807) is 6.08 Å². The van der Waals surface area contributed by atoms with Crippen LogP contribution in [-0.4, -0.2) is 39.1 Å². The Morgan fingerprint density at radius 1 is 1.18 bits per heavy atom. The summed E-state index contributed by atoms with van der Waals surface area (Å²) in [4.78, 5) is 28.0. The van der Waals surface area contributed by atoms with Crippen LogP contribution in [-0.2, 0) is 16.0 Å². The molecule has 7 rings (SSSR count). The fraction of sp³-hybridized carbons (Fsp3) is 0.571. The summed E-state index contributed by atoms with van der Waals surface area (Å²) in [6.45, 7) is 12.0. The van der Waals surface area contributed by atoms with Crippen LogP contribution in [0.3, 0.4) is 0 Å². The lowest BCUT2D eigenvalue weighted by Gasteiger charge is -2.56. The van der Waals surface area contributed by atoms with Gasteiger partial charge in [-0.25, -0.2) is 0 Å². The monoisotopic (exact) mass is 464 g/mol. The molecule has 6 nitrogen and oxygen atoms in total. The molecule has 1 saturated carbocycles. The molecule has 0 aromatic heterocycles. The summed E-state index contributed by atoms with van der Waals surface area (Å²) < 4.78 is 19.8. The average Bonchev–Trinajstić information content (AvgIpc) is 2.88. The zero-order valence-electron chi connectivity index (χ0n) is 20.7. The minimum Gasteiger partial charge on any atom is -0.507 e. The Hall–Kier alpha value is -2.60. The smallest absolute Gasteiger partial charge is 0.200 e. The number of rotatable bonds is 2. The molecule has 180 valence electrons. The number of benzene rings is 1. The lowest BCUT2D eigenvalue weighted by Crippen LogP contribution is -2.72. The summed E-state index contributed by atoms with van der Waals surface area (Å²) >= 11 is 0. The minimum atomic E-state index is -1.29. The maximum atomic E-state index is 14.1. The van der Waals surface area contributed by atoms with Crippen LogP contribution in [0, 0.1) is 11.8 Å². The Labute approximate surface area is 200 Å². The lowest BCUT2D eigenvalue weighted by molar-refractivity contribution is -0.171. The van der Waals surface area contributed by atoms with Crippen LogP contribution in [0.15, 0.2) is 29.4 Å². The highest BCUT2D eigenvalue weighted by Gasteiger charge is 2.81. The van der Waals surface area contributed by atoms with Crippen LogP contribution in [0.5, 0.6) is 17.2 Å². The van der Waals surface area contributed by atoms with E-state index >= 15 is 0 Å². The van der Waals surface area contributed by atoms with E-state index in [-0.39, 0.29) is 34.4 Å². The Bertz CT molecular complexity index is 1230. The van der Waals surface area contributed by atoms with Crippen LogP contribution >= 0.6 is 0 Å². The van der Waals surface area contributed by atoms with Crippen molar-refractivity contribution in [3.63, 3.8) is 0 Å². The van der Waals surface area contributed by atoms with E-state index in [2.05, 4.69) is 0 Å². The van der Waals surface area contributed by atoms with Gasteiger partial charge in [-0.15, -0.1) is 0 Å². The molecule has 1 aromatic rings. The third kappa shape index (κ3) is 2.45. The molecule has 3 aliphatic carbocycles. The first kappa shape index (κ1) is 21.9. The number of phenols is 1. The van der Waals surface area contributed by atoms with E-state index in [1.807, 2.05) is 47.6 Å². The highest BCUT2D eigenvalue weighted by atomic mass is 16.6. The van der Waals surface area contributed by atoms with Crippen molar-refractivity contribution < 1.29 is 28.9 Å². The van der Waals surface area contributed by atoms with Crippen LogP contribution in [0.1, 0.15) is 76.7 Å². The van der Waals surface area contributed by atoms with E-state index in [1.165, 1.54) is 6.07 Å². The Balaban J connectivity index is 1.63. The van der Waals surface area contributed by atoms with Gasteiger partial charge in [-0.2, -0.15) is 0 Å². The molecule has 0 amide bonds. The molecule has 0 radical (unpaired) electrons. The van der Waals surface area contributed by atoms with Crippen molar-refractivity contribution in [1.29, 1.82) is 0 Å². The number of phenolic OH excluding ortho intramolecular Hbond substituents is 1. The first-order chi connectivity index (χ1) is 15.8. The van der Waals surface area contributed by atoms with Crippen molar-refractivity contribution >= 4 is 11.6 Å². The molecule has 1 aromatic carbocycles. The average molecular weight is 465 g/mol. The SMILES string of the molecule is CC(C)=CC[C@@]12OC(C)(C)[C@@H]3C[C@H](C=C4C(=O)c5c(O)cc6c(c5O[C@]431)CCC(C)(C)O6)C2=O. The number of allylic oxidation sites excluding steroid dienone is 2. The van der Waals surface area contributed by atoms with Crippen LogP contribution in [0.25, 0.3) is 0 Å². The standard InChI is InChI=1S/C28H32O6/c1-14(2)7-10-27-24(31)15-11-17-22(30)21-18(29)13-19-16(8-9-25(3,4)32-19)23(21)33-28(17,27)20(12-15)26(5,6)34-27/h7,11,13,15,20,29H,8-10,12H2,1-6H3/t15-,20-,27-,28+/m0/s1. The fourth-order valence-electron chi connectivity index (χ4n) is 7.07. The molecular formula is C28H32O6. The number of ether oxygens (including phenoxy) is 3. The summed E-state index contributed by atoms with van der Waals surface area (Å²) in [5.74, 6) is -0.114. The molecule has 2 fully saturated rings. The number of fused-ring (bicyclic) bond motifs is 3. The van der Waals surface area contributed by atoms with Gasteiger partial charge in [0.25, 0.3) is 0 Å². The molecular weight excluding hydrogens is 432 g/mol. The maximum absolute atomic E-state index is 14.1. The maximum Gasteiger partial charge on any atom is 0.200 e. The molecule has 4 bridgehead atoms. The predicted molar refractivity (Wildman–Crippen MR) is 125 cm³/mol. The summed E-state index contributed by atoms with van der Waals surface area (Å²) in [6.07, 6.45) is 6.12. The Morgan fingerprint density at radius 3 is 2.62 bits per heavy atom. The van der Waals surface area contributed by atoms with Gasteiger partial charge < -0.3 is 19.3 Å². The number of carbonyl (C=O) groups excluding carboxylic acids is 2. The largest absolute Gasteiger partial charge is 0.507 e. The molecule has 1 saturated heterocycles. The number of hydrogen-bond acceptors (Lipinski definition) is 6. The quantitative estimate of drug-likeness (QED) is 0.630. The summed E-state index contributed by atoms with van der Waals surface area (Å²) in [5.41, 5.74) is -1.07. The van der Waals surface area contributed by atoms with Crippen molar-refractivity contribution in [2.24, 2.45) is 11.8 Å². The van der Waals surface area contributed by atoms with Gasteiger partial charge >= 0.3 is 0 Å². The molecule has 3 heterocycles. The van der Waals surface area contributed by atoms with Crippen LogP contribution in [0.4, 0.5) is 0 Å². The fourth-order valence-corrected chi connectivity index (χ4v) is 7.07. The molecule has 34 heavy (non-hydrogen) atoms. The Morgan fingerprint density at radius 2 is 1.91 bits per heavy atom. The van der Waals surface area contributed by atoms with E-state index < -0.39 is 22.7 Å². The number of ketones is 2. The van der Waals surface area contributed by atoms with Crippen molar-refractivity contribution in [1.82, 2.24) is 0 Å². The summed E-state index contributed by atoms with van der Waals surface area (Å²) in [6, 6.07) is 1.54. The highest BCUT2D eigenvalue weighted by Crippen LogP contribution is 2.68. The number of Topliss-reactive ketones (excluding diaryl/α,β-unsaturated/α-hetero) is 2. The van der Waals surface area contributed by atoms with E-state index in [0.29, 0.717) is 36.3 Å². The molecule has 6 aliphatic rings. The number of carbonyl (C=O) groups is 2. The first-order valence-corrected chi connectivity index (χ1v) is 12.2. The second-order valence-electron chi connectivity index (χ2n) is 12.0. The normalized spacial score (nSPS) is 35.4. The number of hydrogen-bond donors (Lipinski definition) is 1. The van der Waals surface area contributed by atoms with Crippen molar-refractivity contribution in [2.45, 2.75) is 89.6 Å². The number of aromatic hydroxyl groups is 1. The van der Waals surface area contributed by atoms with E-state index in [4.69, 9.17) is 14.2 Å². The zero-order valence-corrected chi connectivity index (χ0v) is 20.7. The predicted octanol–water partition coefficient (Wildman–Crippen LogP) is 4.86. The molecule has 0 unspecified atom stereocenters. The third-order valence-electron chi connectivity index (χ3n) is 8.58. The first-order valence-electron chi connectivity index (χ1n) is 12.2. The Kier molecular flexibility index (Phi) is 4.08. The van der Waals surface area contributed by atoms with Gasteiger partial charge in [0.15, 0.2) is 22.8 Å². The van der Waals surface area contributed by atoms with Crippen molar-refractivity contribution in [2.75, 3.05) is 0 Å². The molecule has 3 aliphatic heterocycles. The van der Waals surface area contributed by atoms with Gasteiger partial charge in [-0.3, -0.25) is 9.59 Å². The van der Waals surface area contributed by atoms with Crippen molar-refractivity contribution in [3.05, 3.63) is 40.5 Å². The van der Waals surface area contributed by atoms with Crippen LogP contribution in [0.2, 0.25) is 0 Å². The van der Waals surface area contributed by atoms with E-state index in [0.717, 1.165) is 17.6 Å². The third-order valence-corrected chi connectivity index (χ3v) is 8.58. The highest BCUT2D eigenvalue weighted by molar-refractivity contribution is 6.18. The van der Waals surface area contributed by atoms with Gasteiger partial charge in [0, 0.05) is 35.5 Å². The molecule has 1 spiro atoms. The summed E-state index contributed by atoms with van der Waals surface area (Å²) in [7, 11) is 0. The second-order valence-corrected chi connectivity index (χ2v) is 12.0. The van der Waals surface area contributed by atoms with Gasteiger partial charge in [0.1, 0.15) is 28.4 Å². The van der Waals surface area contributed by atoms with Gasteiger partial charge in [0.05, 0.1) is 5.60 Å². The second kappa shape index (κ2) is 6.34. The van der Waals surface area contributed by atoms with Gasteiger partial charge in [0.2, 0.25) is 0 Å². The zero-order chi connectivity index (χ0) is 24.4. The van der Waals surface area contributed by atoms with Crippen LogP contribution < -0.4 is 9.47 Å². The molecule has 4 atom stereocenters. The topological polar surface area (TPSA) is 82.1 Å². The summed E-state index contributed by atoms with van der Waals surface area (Å²) in [5, 5.41) is 10.9. The minimum absolute atomic E-state index is 0.0155. The van der Waals surface area contributed by atoms with Gasteiger partial charge in [-0.05, 0) is 60.8 Å². The van der Waals surface area contributed by atoms with Gasteiger partial charge in [-0.1, -0.05) is 17.7 Å². The van der Waals surface area contributed by atoms with E-state index in [9.17, 15) is 14.7 Å². The molecule has 6 heteroatoms. The lowest BCUT2D eigenvalue weighted by atomic mass is 9.51. The molecule has 1 N–H and O–H groups in total.